The maximum atomic E-state index is 12.6. The van der Waals surface area contributed by atoms with E-state index in [0.717, 1.165) is 9.87 Å². The topological polar surface area (TPSA) is 110 Å². The number of fused-ring (bicyclic) bond motifs is 1. The van der Waals surface area contributed by atoms with Gasteiger partial charge in [-0.1, -0.05) is 17.8 Å². The van der Waals surface area contributed by atoms with Gasteiger partial charge in [0.25, 0.3) is 5.78 Å². The first-order chi connectivity index (χ1) is 13.2. The number of hydrogen-bond acceptors (Lipinski definition) is 7. The van der Waals surface area contributed by atoms with Crippen molar-refractivity contribution in [2.75, 3.05) is 19.4 Å². The third-order valence-electron chi connectivity index (χ3n) is 3.99. The van der Waals surface area contributed by atoms with Crippen LogP contribution in [0.4, 0.5) is 5.69 Å². The van der Waals surface area contributed by atoms with Crippen molar-refractivity contribution >= 4 is 39.2 Å². The monoisotopic (exact) mass is 420 g/mol. The summed E-state index contributed by atoms with van der Waals surface area (Å²) >= 11 is 1.20. The smallest absolute Gasteiger partial charge is 0.253 e. The molecule has 3 rings (SSSR count). The molecule has 3 aromatic rings. The maximum absolute atomic E-state index is 12.6. The van der Waals surface area contributed by atoms with E-state index in [4.69, 9.17) is 0 Å². The number of carbonyl (C=O) groups excluding carboxylic acids is 1. The van der Waals surface area contributed by atoms with Crippen molar-refractivity contribution in [3.63, 3.8) is 0 Å². The molecule has 0 fully saturated rings. The third kappa shape index (κ3) is 4.16. The molecule has 1 atom stereocenters. The molecule has 1 unspecified atom stereocenters. The lowest BCUT2D eigenvalue weighted by molar-refractivity contribution is -0.115. The molecule has 0 saturated carbocycles. The normalized spacial score (nSPS) is 13.0. The number of aryl methyl sites for hydroxylation is 1. The van der Waals surface area contributed by atoms with E-state index in [1.165, 1.54) is 42.5 Å². The highest BCUT2D eigenvalue weighted by molar-refractivity contribution is 8.00. The SMILES string of the molecule is Cc1ccc(S(=O)(=O)N(C)C)cc1NC(=O)C(C)Sc1nc2ncccn2n1. The quantitative estimate of drug-likeness (QED) is 0.606. The minimum absolute atomic E-state index is 0.117. The Balaban J connectivity index is 1.76. The number of carbonyl (C=O) groups is 1. The van der Waals surface area contributed by atoms with Crippen LogP contribution in [0.3, 0.4) is 0 Å². The van der Waals surface area contributed by atoms with E-state index in [9.17, 15) is 13.2 Å². The number of amides is 1. The fraction of sp³-hybridized carbons (Fsp3) is 0.294. The maximum Gasteiger partial charge on any atom is 0.253 e. The van der Waals surface area contributed by atoms with Crippen molar-refractivity contribution in [1.29, 1.82) is 0 Å². The average molecular weight is 421 g/mol. The van der Waals surface area contributed by atoms with Crippen LogP contribution in [0.1, 0.15) is 12.5 Å². The Morgan fingerprint density at radius 2 is 2.07 bits per heavy atom. The molecule has 148 valence electrons. The van der Waals surface area contributed by atoms with Gasteiger partial charge in [-0.3, -0.25) is 4.79 Å². The van der Waals surface area contributed by atoms with Crippen molar-refractivity contribution in [2.24, 2.45) is 0 Å². The Morgan fingerprint density at radius 1 is 1.32 bits per heavy atom. The highest BCUT2D eigenvalue weighted by Crippen LogP contribution is 2.25. The van der Waals surface area contributed by atoms with Crippen LogP contribution in [-0.4, -0.2) is 57.6 Å². The summed E-state index contributed by atoms with van der Waals surface area (Å²) in [6.45, 7) is 3.53. The highest BCUT2D eigenvalue weighted by atomic mass is 32.2. The van der Waals surface area contributed by atoms with Gasteiger partial charge in [-0.15, -0.1) is 5.10 Å². The lowest BCUT2D eigenvalue weighted by Gasteiger charge is -2.15. The number of thioether (sulfide) groups is 1. The number of nitrogens with one attached hydrogen (secondary N) is 1. The van der Waals surface area contributed by atoms with E-state index in [-0.39, 0.29) is 10.8 Å². The Bertz CT molecular complexity index is 1090. The summed E-state index contributed by atoms with van der Waals surface area (Å²) in [5.74, 6) is 0.175. The molecule has 0 aliphatic rings. The van der Waals surface area contributed by atoms with Gasteiger partial charge in [0, 0.05) is 32.2 Å². The third-order valence-corrected chi connectivity index (χ3v) is 6.76. The number of rotatable bonds is 6. The first-order valence-electron chi connectivity index (χ1n) is 8.36. The number of sulfonamides is 1. The number of hydrogen-bond donors (Lipinski definition) is 1. The summed E-state index contributed by atoms with van der Waals surface area (Å²) in [6, 6.07) is 6.39. The zero-order valence-corrected chi connectivity index (χ0v) is 17.5. The summed E-state index contributed by atoms with van der Waals surface area (Å²) in [4.78, 5) is 21.1. The van der Waals surface area contributed by atoms with Crippen molar-refractivity contribution in [2.45, 2.75) is 29.1 Å². The predicted octanol–water partition coefficient (Wildman–Crippen LogP) is 1.80. The van der Waals surface area contributed by atoms with E-state index < -0.39 is 15.3 Å². The van der Waals surface area contributed by atoms with E-state index in [1.54, 1.807) is 38.4 Å². The van der Waals surface area contributed by atoms with Gasteiger partial charge in [0.1, 0.15) is 0 Å². The van der Waals surface area contributed by atoms with Crippen LogP contribution < -0.4 is 5.32 Å². The Hall–Kier alpha value is -2.50. The molecule has 2 aromatic heterocycles. The molecule has 28 heavy (non-hydrogen) atoms. The largest absolute Gasteiger partial charge is 0.325 e. The average Bonchev–Trinajstić information content (AvgIpc) is 3.05. The van der Waals surface area contributed by atoms with E-state index >= 15 is 0 Å². The number of aromatic nitrogens is 4. The molecular formula is C17H20N6O3S2. The molecule has 0 spiro atoms. The van der Waals surface area contributed by atoms with Gasteiger partial charge in [-0.05, 0) is 37.6 Å². The molecular weight excluding hydrogens is 400 g/mol. The summed E-state index contributed by atoms with van der Waals surface area (Å²) in [5, 5.41) is 7.00. The van der Waals surface area contributed by atoms with Gasteiger partial charge in [-0.2, -0.15) is 4.98 Å². The van der Waals surface area contributed by atoms with E-state index in [2.05, 4.69) is 20.4 Å². The van der Waals surface area contributed by atoms with Crippen LogP contribution in [0.5, 0.6) is 0 Å². The lowest BCUT2D eigenvalue weighted by Crippen LogP contribution is -2.24. The van der Waals surface area contributed by atoms with Crippen molar-refractivity contribution < 1.29 is 13.2 Å². The summed E-state index contributed by atoms with van der Waals surface area (Å²) in [5.41, 5.74) is 1.21. The fourth-order valence-corrected chi connectivity index (χ4v) is 4.00. The van der Waals surface area contributed by atoms with Gasteiger partial charge >= 0.3 is 0 Å². The minimum Gasteiger partial charge on any atom is -0.325 e. The van der Waals surface area contributed by atoms with Gasteiger partial charge in [0.2, 0.25) is 21.1 Å². The Labute approximate surface area is 167 Å². The molecule has 0 radical (unpaired) electrons. The van der Waals surface area contributed by atoms with Gasteiger partial charge < -0.3 is 5.32 Å². The molecule has 9 nitrogen and oxygen atoms in total. The highest BCUT2D eigenvalue weighted by Gasteiger charge is 2.21. The zero-order chi connectivity index (χ0) is 20.5. The summed E-state index contributed by atoms with van der Waals surface area (Å²) < 4.78 is 27.3. The molecule has 2 heterocycles. The van der Waals surface area contributed by atoms with Gasteiger partial charge in [-0.25, -0.2) is 22.2 Å². The van der Waals surface area contributed by atoms with Crippen LogP contribution in [0, 0.1) is 6.92 Å². The van der Waals surface area contributed by atoms with Crippen molar-refractivity contribution in [1.82, 2.24) is 23.9 Å². The number of benzene rings is 1. The second kappa shape index (κ2) is 7.86. The van der Waals surface area contributed by atoms with Crippen molar-refractivity contribution in [3.8, 4) is 0 Å². The summed E-state index contributed by atoms with van der Waals surface area (Å²) in [6.07, 6.45) is 3.34. The number of nitrogens with zero attached hydrogens (tertiary/aromatic N) is 5. The van der Waals surface area contributed by atoms with Crippen LogP contribution in [0.25, 0.3) is 5.78 Å². The van der Waals surface area contributed by atoms with Crippen molar-refractivity contribution in [3.05, 3.63) is 42.2 Å². The minimum atomic E-state index is -3.59. The Kier molecular flexibility index (Phi) is 5.68. The zero-order valence-electron chi connectivity index (χ0n) is 15.8. The molecule has 1 N–H and O–H groups in total. The number of anilines is 1. The standard InChI is InChI=1S/C17H20N6O3S2/c1-11-6-7-13(28(25,26)22(3)4)10-14(11)19-15(24)12(2)27-17-20-16-18-8-5-9-23(16)21-17/h5-10,12H,1-4H3,(H,19,24). The Morgan fingerprint density at radius 3 is 2.75 bits per heavy atom. The first-order valence-corrected chi connectivity index (χ1v) is 10.7. The van der Waals surface area contributed by atoms with E-state index in [0.29, 0.717) is 16.6 Å². The van der Waals surface area contributed by atoms with Crippen LogP contribution in [-0.2, 0) is 14.8 Å². The fourth-order valence-electron chi connectivity index (χ4n) is 2.32. The second-order valence-corrected chi connectivity index (χ2v) is 9.73. The van der Waals surface area contributed by atoms with Gasteiger partial charge in [0.15, 0.2) is 0 Å². The first kappa shape index (κ1) is 20.2. The molecule has 0 saturated heterocycles. The molecule has 11 heteroatoms. The molecule has 0 aliphatic carbocycles. The molecule has 0 aliphatic heterocycles. The van der Waals surface area contributed by atoms with Gasteiger partial charge in [0.05, 0.1) is 10.1 Å². The lowest BCUT2D eigenvalue weighted by atomic mass is 10.2. The predicted molar refractivity (Wildman–Crippen MR) is 107 cm³/mol. The van der Waals surface area contributed by atoms with Crippen LogP contribution in [0.2, 0.25) is 0 Å². The summed E-state index contributed by atoms with van der Waals surface area (Å²) in [7, 11) is -0.666. The molecule has 0 bridgehead atoms. The van der Waals surface area contributed by atoms with Crippen LogP contribution >= 0.6 is 11.8 Å². The second-order valence-electron chi connectivity index (χ2n) is 6.27. The van der Waals surface area contributed by atoms with Crippen LogP contribution in [0.15, 0.2) is 46.7 Å². The van der Waals surface area contributed by atoms with E-state index in [1.807, 2.05) is 0 Å². The molecule has 1 aromatic carbocycles. The molecule has 1 amide bonds.